The van der Waals surface area contributed by atoms with Crippen LogP contribution in [-0.4, -0.2) is 42.7 Å². The maximum absolute atomic E-state index is 12.6. The van der Waals surface area contributed by atoms with Crippen molar-refractivity contribution >= 4 is 12.1 Å². The molecule has 6 heteroatoms. The van der Waals surface area contributed by atoms with Crippen LogP contribution in [0.25, 0.3) is 0 Å². The molecule has 2 aromatic carbocycles. The third-order valence-electron chi connectivity index (χ3n) is 4.95. The van der Waals surface area contributed by atoms with Crippen molar-refractivity contribution in [3.8, 4) is 0 Å². The molecule has 1 N–H and O–H groups in total. The van der Waals surface area contributed by atoms with E-state index in [2.05, 4.69) is 17.4 Å². The highest BCUT2D eigenvalue weighted by atomic mass is 16.6. The van der Waals surface area contributed by atoms with E-state index in [0.29, 0.717) is 13.0 Å². The van der Waals surface area contributed by atoms with Gasteiger partial charge in [0.25, 0.3) is 0 Å². The molecule has 0 spiro atoms. The predicted octanol–water partition coefficient (Wildman–Crippen LogP) is 3.12. The van der Waals surface area contributed by atoms with Crippen LogP contribution >= 0.6 is 0 Å². The molecule has 0 aromatic heterocycles. The predicted molar refractivity (Wildman–Crippen MR) is 105 cm³/mol. The minimum Gasteiger partial charge on any atom is -0.467 e. The van der Waals surface area contributed by atoms with Crippen molar-refractivity contribution in [1.29, 1.82) is 0 Å². The number of hydrogen-bond donors (Lipinski definition) is 1. The molecular formula is C22H26N2O4. The van der Waals surface area contributed by atoms with Gasteiger partial charge in [0.1, 0.15) is 12.6 Å². The van der Waals surface area contributed by atoms with Gasteiger partial charge < -0.3 is 14.8 Å². The number of carbonyl (C=O) groups excluding carboxylic acids is 2. The fraction of sp³-hybridized carbons (Fsp3) is 0.364. The number of likely N-dealkylation sites (tertiary alicyclic amines) is 1. The van der Waals surface area contributed by atoms with E-state index in [-0.39, 0.29) is 12.6 Å². The zero-order valence-corrected chi connectivity index (χ0v) is 16.0. The summed E-state index contributed by atoms with van der Waals surface area (Å²) in [4.78, 5) is 26.3. The normalized spacial score (nSPS) is 19.1. The number of ether oxygens (including phenoxy) is 2. The van der Waals surface area contributed by atoms with Crippen molar-refractivity contribution in [3.05, 3.63) is 71.8 Å². The third-order valence-corrected chi connectivity index (χ3v) is 4.95. The summed E-state index contributed by atoms with van der Waals surface area (Å²) < 4.78 is 10.3. The van der Waals surface area contributed by atoms with E-state index < -0.39 is 18.1 Å². The van der Waals surface area contributed by atoms with Gasteiger partial charge >= 0.3 is 12.1 Å². The molecule has 148 valence electrons. The van der Waals surface area contributed by atoms with Gasteiger partial charge in [0.15, 0.2) is 0 Å². The Hall–Kier alpha value is -2.86. The quantitative estimate of drug-likeness (QED) is 0.778. The molecule has 2 atom stereocenters. The molecule has 1 aliphatic rings. The highest BCUT2D eigenvalue weighted by Gasteiger charge is 2.37. The molecule has 0 unspecified atom stereocenters. The summed E-state index contributed by atoms with van der Waals surface area (Å²) in [7, 11) is 1.34. The lowest BCUT2D eigenvalue weighted by Gasteiger charge is -2.37. The fourth-order valence-electron chi connectivity index (χ4n) is 3.39. The van der Waals surface area contributed by atoms with Crippen LogP contribution in [0.4, 0.5) is 4.79 Å². The van der Waals surface area contributed by atoms with Crippen molar-refractivity contribution in [3.63, 3.8) is 0 Å². The van der Waals surface area contributed by atoms with Gasteiger partial charge in [0.05, 0.1) is 7.11 Å². The van der Waals surface area contributed by atoms with Crippen LogP contribution in [0.1, 0.15) is 24.0 Å². The average Bonchev–Trinajstić information content (AvgIpc) is 2.76. The lowest BCUT2D eigenvalue weighted by molar-refractivity contribution is -0.148. The number of esters is 1. The molecule has 2 aromatic rings. The molecule has 28 heavy (non-hydrogen) atoms. The van der Waals surface area contributed by atoms with Crippen LogP contribution in [0.5, 0.6) is 0 Å². The largest absolute Gasteiger partial charge is 0.467 e. The van der Waals surface area contributed by atoms with E-state index in [4.69, 9.17) is 9.47 Å². The molecule has 0 radical (unpaired) electrons. The Labute approximate surface area is 165 Å². The first-order valence-corrected chi connectivity index (χ1v) is 9.50. The molecule has 1 saturated heterocycles. The highest BCUT2D eigenvalue weighted by Crippen LogP contribution is 2.21. The molecule has 1 heterocycles. The number of piperidine rings is 1. The van der Waals surface area contributed by atoms with Gasteiger partial charge in [0, 0.05) is 19.1 Å². The van der Waals surface area contributed by atoms with Gasteiger partial charge in [-0.15, -0.1) is 0 Å². The summed E-state index contributed by atoms with van der Waals surface area (Å²) in [5.74, 6) is -0.414. The standard InChI is InChI=1S/C22H26N2O4/c1-27-21(25)20-14-19(23-15-17-8-4-2-5-9-17)12-13-24(20)22(26)28-16-18-10-6-3-7-11-18/h2-11,19-20,23H,12-16H2,1H3/t19-,20+/m1/s1. The van der Waals surface area contributed by atoms with Crippen LogP contribution in [0, 0.1) is 0 Å². The van der Waals surface area contributed by atoms with Crippen molar-refractivity contribution in [2.45, 2.75) is 38.1 Å². The number of amides is 1. The third kappa shape index (κ3) is 5.33. The van der Waals surface area contributed by atoms with E-state index in [1.54, 1.807) is 0 Å². The van der Waals surface area contributed by atoms with E-state index in [1.165, 1.54) is 17.6 Å². The Morgan fingerprint density at radius 1 is 1.04 bits per heavy atom. The van der Waals surface area contributed by atoms with E-state index >= 15 is 0 Å². The van der Waals surface area contributed by atoms with E-state index in [0.717, 1.165) is 18.5 Å². The summed E-state index contributed by atoms with van der Waals surface area (Å²) >= 11 is 0. The summed E-state index contributed by atoms with van der Waals surface area (Å²) in [5, 5.41) is 3.48. The molecule has 1 amide bonds. The summed E-state index contributed by atoms with van der Waals surface area (Å²) in [6, 6.07) is 19.1. The molecule has 1 aliphatic heterocycles. The van der Waals surface area contributed by atoms with Crippen molar-refractivity contribution in [2.75, 3.05) is 13.7 Å². The molecule has 0 aliphatic carbocycles. The summed E-state index contributed by atoms with van der Waals surface area (Å²) in [6.45, 7) is 1.34. The molecule has 3 rings (SSSR count). The lowest BCUT2D eigenvalue weighted by atomic mass is 9.97. The maximum Gasteiger partial charge on any atom is 0.410 e. The smallest absolute Gasteiger partial charge is 0.410 e. The first-order valence-electron chi connectivity index (χ1n) is 9.50. The highest BCUT2D eigenvalue weighted by molar-refractivity contribution is 5.81. The van der Waals surface area contributed by atoms with E-state index in [1.807, 2.05) is 48.5 Å². The SMILES string of the molecule is COC(=O)[C@@H]1C[C@H](NCc2ccccc2)CCN1C(=O)OCc1ccccc1. The Morgan fingerprint density at radius 3 is 2.32 bits per heavy atom. The van der Waals surface area contributed by atoms with Crippen molar-refractivity contribution in [1.82, 2.24) is 10.2 Å². The van der Waals surface area contributed by atoms with Crippen LogP contribution in [0.2, 0.25) is 0 Å². The molecular weight excluding hydrogens is 356 g/mol. The van der Waals surface area contributed by atoms with Crippen molar-refractivity contribution < 1.29 is 19.1 Å². The topological polar surface area (TPSA) is 67.9 Å². The van der Waals surface area contributed by atoms with E-state index in [9.17, 15) is 9.59 Å². The van der Waals surface area contributed by atoms with Gasteiger partial charge in [-0.25, -0.2) is 9.59 Å². The minimum absolute atomic E-state index is 0.127. The number of methoxy groups -OCH3 is 1. The molecule has 6 nitrogen and oxygen atoms in total. The first-order chi connectivity index (χ1) is 13.7. The molecule has 0 saturated carbocycles. The monoisotopic (exact) mass is 382 g/mol. The van der Waals surface area contributed by atoms with Gasteiger partial charge in [-0.1, -0.05) is 60.7 Å². The number of nitrogens with one attached hydrogen (secondary N) is 1. The Bertz CT molecular complexity index is 767. The second kappa shape index (κ2) is 9.90. The lowest BCUT2D eigenvalue weighted by Crippen LogP contribution is -2.54. The number of hydrogen-bond acceptors (Lipinski definition) is 5. The number of rotatable bonds is 6. The maximum atomic E-state index is 12.6. The molecule has 1 fully saturated rings. The second-order valence-corrected chi connectivity index (χ2v) is 6.86. The zero-order valence-electron chi connectivity index (χ0n) is 16.0. The zero-order chi connectivity index (χ0) is 19.8. The Kier molecular flexibility index (Phi) is 7.03. The van der Waals surface area contributed by atoms with Gasteiger partial charge in [0.2, 0.25) is 0 Å². The molecule has 0 bridgehead atoms. The number of carbonyl (C=O) groups is 2. The Morgan fingerprint density at radius 2 is 1.68 bits per heavy atom. The van der Waals surface area contributed by atoms with Crippen LogP contribution in [0.15, 0.2) is 60.7 Å². The summed E-state index contributed by atoms with van der Waals surface area (Å²) in [5.41, 5.74) is 2.09. The Balaban J connectivity index is 1.57. The first kappa shape index (κ1) is 19.9. The van der Waals surface area contributed by atoms with Crippen molar-refractivity contribution in [2.24, 2.45) is 0 Å². The fourth-order valence-corrected chi connectivity index (χ4v) is 3.39. The number of nitrogens with zero attached hydrogens (tertiary/aromatic N) is 1. The van der Waals surface area contributed by atoms with Crippen LogP contribution in [-0.2, 0) is 27.4 Å². The van der Waals surface area contributed by atoms with Crippen LogP contribution < -0.4 is 5.32 Å². The second-order valence-electron chi connectivity index (χ2n) is 6.86. The van der Waals surface area contributed by atoms with Gasteiger partial charge in [-0.3, -0.25) is 4.90 Å². The average molecular weight is 382 g/mol. The number of benzene rings is 2. The van der Waals surface area contributed by atoms with Gasteiger partial charge in [-0.05, 0) is 24.0 Å². The summed E-state index contributed by atoms with van der Waals surface area (Å²) in [6.07, 6.45) is 0.765. The van der Waals surface area contributed by atoms with Crippen LogP contribution in [0.3, 0.4) is 0 Å². The van der Waals surface area contributed by atoms with Gasteiger partial charge in [-0.2, -0.15) is 0 Å². The minimum atomic E-state index is -0.643.